The highest BCUT2D eigenvalue weighted by atomic mass is 16.2. The molecule has 1 fully saturated rings. The molecule has 1 aromatic rings. The maximum absolute atomic E-state index is 12.1. The molecule has 0 spiro atoms. The van der Waals surface area contributed by atoms with Crippen molar-refractivity contribution in [3.05, 3.63) is 24.0 Å². The summed E-state index contributed by atoms with van der Waals surface area (Å²) in [5.41, 5.74) is 4.28. The Morgan fingerprint density at radius 2 is 2.06 bits per heavy atom. The van der Waals surface area contributed by atoms with E-state index in [4.69, 9.17) is 0 Å². The van der Waals surface area contributed by atoms with Gasteiger partial charge in [0.15, 0.2) is 0 Å². The van der Waals surface area contributed by atoms with Crippen molar-refractivity contribution in [3.63, 3.8) is 0 Å². The van der Waals surface area contributed by atoms with Gasteiger partial charge in [0, 0.05) is 51.3 Å². The predicted molar refractivity (Wildman–Crippen MR) is 70.3 cm³/mol. The van der Waals surface area contributed by atoms with Gasteiger partial charge in [-0.15, -0.1) is 0 Å². The van der Waals surface area contributed by atoms with Crippen LogP contribution in [0.4, 0.5) is 5.69 Å². The van der Waals surface area contributed by atoms with Gasteiger partial charge in [-0.05, 0) is 13.1 Å². The van der Waals surface area contributed by atoms with Crippen LogP contribution in [0.25, 0.3) is 0 Å². The molecular formula is C12H19N5O. The zero-order chi connectivity index (χ0) is 13.0. The molecule has 98 valence electrons. The first kappa shape index (κ1) is 12.8. The molecule has 2 heterocycles. The summed E-state index contributed by atoms with van der Waals surface area (Å²) in [6, 6.07) is 1.79. The predicted octanol–water partition coefficient (Wildman–Crippen LogP) is 0.0155. The largest absolute Gasteiger partial charge is 0.387 e. The van der Waals surface area contributed by atoms with Crippen LogP contribution in [-0.2, 0) is 0 Å². The van der Waals surface area contributed by atoms with Gasteiger partial charge in [0.2, 0.25) is 0 Å². The number of nitrogens with one attached hydrogen (secondary N) is 2. The molecule has 1 aliphatic rings. The standard InChI is InChI=1S/C12H19N5O/c1-13-11-3-4-14-9-10(11)12(18)15-17-7-5-16(2)6-8-17/h3-4,9H,5-8H2,1-2H3,(H,13,14)(H,15,18). The van der Waals surface area contributed by atoms with E-state index in [1.807, 2.05) is 5.01 Å². The van der Waals surface area contributed by atoms with Crippen molar-refractivity contribution in [3.8, 4) is 0 Å². The minimum absolute atomic E-state index is 0.114. The fraction of sp³-hybridized carbons (Fsp3) is 0.500. The first-order chi connectivity index (χ1) is 8.70. The fourth-order valence-corrected chi connectivity index (χ4v) is 1.92. The Hall–Kier alpha value is -1.66. The zero-order valence-corrected chi connectivity index (χ0v) is 10.8. The van der Waals surface area contributed by atoms with E-state index in [0.29, 0.717) is 5.56 Å². The van der Waals surface area contributed by atoms with Crippen LogP contribution in [0.3, 0.4) is 0 Å². The van der Waals surface area contributed by atoms with E-state index in [1.165, 1.54) is 0 Å². The molecule has 0 atom stereocenters. The summed E-state index contributed by atoms with van der Waals surface area (Å²) >= 11 is 0. The molecule has 1 aromatic heterocycles. The Bertz CT molecular complexity index is 415. The molecule has 0 bridgehead atoms. The van der Waals surface area contributed by atoms with Crippen molar-refractivity contribution in [2.24, 2.45) is 0 Å². The van der Waals surface area contributed by atoms with E-state index in [1.54, 1.807) is 25.5 Å². The fourth-order valence-electron chi connectivity index (χ4n) is 1.92. The molecule has 6 heteroatoms. The van der Waals surface area contributed by atoms with Crippen LogP contribution in [0.5, 0.6) is 0 Å². The van der Waals surface area contributed by atoms with Gasteiger partial charge in [-0.25, -0.2) is 5.01 Å². The first-order valence-electron chi connectivity index (χ1n) is 6.07. The maximum Gasteiger partial charge on any atom is 0.269 e. The molecule has 0 unspecified atom stereocenters. The number of nitrogens with zero attached hydrogens (tertiary/aromatic N) is 3. The highest BCUT2D eigenvalue weighted by molar-refractivity contribution is 5.98. The van der Waals surface area contributed by atoms with Crippen LogP contribution in [0.15, 0.2) is 18.5 Å². The summed E-state index contributed by atoms with van der Waals surface area (Å²) in [7, 11) is 3.88. The van der Waals surface area contributed by atoms with Gasteiger partial charge in [0.05, 0.1) is 5.56 Å². The number of likely N-dealkylation sites (N-methyl/N-ethyl adjacent to an activating group) is 1. The molecule has 1 amide bonds. The topological polar surface area (TPSA) is 60.5 Å². The minimum Gasteiger partial charge on any atom is -0.387 e. The Morgan fingerprint density at radius 1 is 1.33 bits per heavy atom. The van der Waals surface area contributed by atoms with Crippen molar-refractivity contribution < 1.29 is 4.79 Å². The maximum atomic E-state index is 12.1. The Morgan fingerprint density at radius 3 is 2.72 bits per heavy atom. The van der Waals surface area contributed by atoms with Gasteiger partial charge < -0.3 is 10.2 Å². The van der Waals surface area contributed by atoms with Crippen LogP contribution >= 0.6 is 0 Å². The molecule has 6 nitrogen and oxygen atoms in total. The van der Waals surface area contributed by atoms with Crippen LogP contribution < -0.4 is 10.7 Å². The van der Waals surface area contributed by atoms with Gasteiger partial charge in [-0.3, -0.25) is 15.2 Å². The SMILES string of the molecule is CNc1ccncc1C(=O)NN1CCN(C)CC1. The average Bonchev–Trinajstić information content (AvgIpc) is 2.41. The van der Waals surface area contributed by atoms with E-state index >= 15 is 0 Å². The van der Waals surface area contributed by atoms with Gasteiger partial charge in [-0.1, -0.05) is 0 Å². The first-order valence-corrected chi connectivity index (χ1v) is 6.07. The number of hydrogen-bond acceptors (Lipinski definition) is 5. The highest BCUT2D eigenvalue weighted by Crippen LogP contribution is 2.12. The van der Waals surface area contributed by atoms with Crippen molar-refractivity contribution in [1.29, 1.82) is 0 Å². The molecule has 0 saturated carbocycles. The normalized spacial score (nSPS) is 17.4. The molecule has 2 N–H and O–H groups in total. The number of aromatic nitrogens is 1. The lowest BCUT2D eigenvalue weighted by Gasteiger charge is -2.32. The summed E-state index contributed by atoms with van der Waals surface area (Å²) in [5, 5.41) is 4.95. The second-order valence-electron chi connectivity index (χ2n) is 4.40. The molecule has 0 radical (unpaired) electrons. The van der Waals surface area contributed by atoms with E-state index in [9.17, 15) is 4.79 Å². The molecule has 1 aliphatic heterocycles. The van der Waals surface area contributed by atoms with Crippen LogP contribution in [0.1, 0.15) is 10.4 Å². The summed E-state index contributed by atoms with van der Waals surface area (Å²) in [6.07, 6.45) is 3.25. The van der Waals surface area contributed by atoms with Crippen molar-refractivity contribution in [2.45, 2.75) is 0 Å². The number of piperazine rings is 1. The molecular weight excluding hydrogens is 230 g/mol. The number of carbonyl (C=O) groups excluding carboxylic acids is 1. The minimum atomic E-state index is -0.114. The second kappa shape index (κ2) is 5.79. The van der Waals surface area contributed by atoms with Crippen molar-refractivity contribution in [2.75, 3.05) is 45.6 Å². The zero-order valence-electron chi connectivity index (χ0n) is 10.8. The van der Waals surface area contributed by atoms with Gasteiger partial charge in [-0.2, -0.15) is 0 Å². The smallest absolute Gasteiger partial charge is 0.269 e. The lowest BCUT2D eigenvalue weighted by Crippen LogP contribution is -2.52. The third kappa shape index (κ3) is 2.96. The Balaban J connectivity index is 1.99. The molecule has 1 saturated heterocycles. The summed E-state index contributed by atoms with van der Waals surface area (Å²) in [5.74, 6) is -0.114. The lowest BCUT2D eigenvalue weighted by atomic mass is 10.2. The second-order valence-corrected chi connectivity index (χ2v) is 4.40. The molecule has 0 aromatic carbocycles. The monoisotopic (exact) mass is 249 g/mol. The number of amides is 1. The highest BCUT2D eigenvalue weighted by Gasteiger charge is 2.18. The van der Waals surface area contributed by atoms with Gasteiger partial charge in [0.1, 0.15) is 0 Å². The van der Waals surface area contributed by atoms with Crippen LogP contribution in [0.2, 0.25) is 0 Å². The van der Waals surface area contributed by atoms with E-state index in [0.717, 1.165) is 31.9 Å². The third-order valence-corrected chi connectivity index (χ3v) is 3.10. The van der Waals surface area contributed by atoms with Crippen molar-refractivity contribution >= 4 is 11.6 Å². The van der Waals surface area contributed by atoms with E-state index < -0.39 is 0 Å². The Labute approximate surface area is 107 Å². The third-order valence-electron chi connectivity index (χ3n) is 3.10. The molecule has 18 heavy (non-hydrogen) atoms. The molecule has 0 aliphatic carbocycles. The lowest BCUT2D eigenvalue weighted by molar-refractivity contribution is 0.0663. The van der Waals surface area contributed by atoms with Crippen molar-refractivity contribution in [1.82, 2.24) is 20.3 Å². The summed E-state index contributed by atoms with van der Waals surface area (Å²) < 4.78 is 0. The molecule has 2 rings (SSSR count). The van der Waals surface area contributed by atoms with E-state index in [-0.39, 0.29) is 5.91 Å². The number of hydrazine groups is 1. The summed E-state index contributed by atoms with van der Waals surface area (Å²) in [6.45, 7) is 3.62. The average molecular weight is 249 g/mol. The quantitative estimate of drug-likeness (QED) is 0.790. The van der Waals surface area contributed by atoms with Crippen LogP contribution in [0, 0.1) is 0 Å². The number of hydrogen-bond donors (Lipinski definition) is 2. The van der Waals surface area contributed by atoms with Gasteiger partial charge >= 0.3 is 0 Å². The number of anilines is 1. The van der Waals surface area contributed by atoms with Gasteiger partial charge in [0.25, 0.3) is 5.91 Å². The Kier molecular flexibility index (Phi) is 4.11. The number of pyridine rings is 1. The summed E-state index contributed by atoms with van der Waals surface area (Å²) in [4.78, 5) is 18.4. The van der Waals surface area contributed by atoms with E-state index in [2.05, 4.69) is 27.7 Å². The van der Waals surface area contributed by atoms with Crippen LogP contribution in [-0.4, -0.2) is 61.1 Å². The number of carbonyl (C=O) groups is 1. The number of rotatable bonds is 3.